The number of amides is 2. The number of halogens is 3. The fourth-order valence-corrected chi connectivity index (χ4v) is 4.01. The van der Waals surface area contributed by atoms with Gasteiger partial charge in [-0.05, 0) is 36.4 Å². The molecule has 3 N–H and O–H groups in total. The molecule has 12 heteroatoms. The molecule has 2 fully saturated rings. The Labute approximate surface area is 191 Å². The highest BCUT2D eigenvalue weighted by molar-refractivity contribution is 5.89. The van der Waals surface area contributed by atoms with E-state index in [4.69, 9.17) is 13.9 Å². The second-order valence-corrected chi connectivity index (χ2v) is 7.87. The predicted octanol–water partition coefficient (Wildman–Crippen LogP) is 3.52. The second kappa shape index (κ2) is 8.95. The maximum atomic E-state index is 12.9. The number of ether oxygens (including phenoxy) is 2. The van der Waals surface area contributed by atoms with Gasteiger partial charge in [0.25, 0.3) is 0 Å². The third-order valence-electron chi connectivity index (χ3n) is 5.56. The number of hydrogen-bond donors (Lipinski definition) is 3. The first-order valence-corrected chi connectivity index (χ1v) is 10.5. The third kappa shape index (κ3) is 4.68. The van der Waals surface area contributed by atoms with Crippen molar-refractivity contribution < 1.29 is 31.9 Å². The van der Waals surface area contributed by atoms with Crippen LogP contribution >= 0.6 is 0 Å². The van der Waals surface area contributed by atoms with Gasteiger partial charge in [-0.15, -0.1) is 0 Å². The van der Waals surface area contributed by atoms with Gasteiger partial charge >= 0.3 is 12.2 Å². The molecular weight excluding hydrogens is 455 g/mol. The number of benzene rings is 1. The van der Waals surface area contributed by atoms with E-state index in [1.807, 2.05) is 0 Å². The quantitative estimate of drug-likeness (QED) is 0.518. The molecular formula is C22H20F3N5O4. The Balaban J connectivity index is 1.18. The lowest BCUT2D eigenvalue weighted by molar-refractivity contribution is -0.137. The molecule has 5 rings (SSSR count). The molecule has 2 saturated heterocycles. The summed E-state index contributed by atoms with van der Waals surface area (Å²) < 4.78 is 55.7. The van der Waals surface area contributed by atoms with Crippen molar-refractivity contribution in [3.8, 4) is 11.5 Å². The van der Waals surface area contributed by atoms with Gasteiger partial charge in [-0.2, -0.15) is 13.2 Å². The lowest BCUT2D eigenvalue weighted by Crippen LogP contribution is -2.46. The SMILES string of the molecule is O=C(Nc1cccc(C(F)(F)F)c1)NC1COC2C(Nc3nccc(-c4ccco4)n3)COC12. The zero-order valence-electron chi connectivity index (χ0n) is 17.6. The van der Waals surface area contributed by atoms with Crippen molar-refractivity contribution in [2.24, 2.45) is 0 Å². The average Bonchev–Trinajstić information content (AvgIpc) is 3.54. The van der Waals surface area contributed by atoms with Crippen LogP contribution in [-0.4, -0.2) is 53.5 Å². The van der Waals surface area contributed by atoms with Crippen molar-refractivity contribution in [3.05, 3.63) is 60.5 Å². The molecule has 178 valence electrons. The van der Waals surface area contributed by atoms with E-state index in [1.165, 1.54) is 12.1 Å². The average molecular weight is 475 g/mol. The van der Waals surface area contributed by atoms with Crippen molar-refractivity contribution in [2.75, 3.05) is 23.8 Å². The highest BCUT2D eigenvalue weighted by atomic mass is 19.4. The van der Waals surface area contributed by atoms with Crippen LogP contribution in [0.25, 0.3) is 11.5 Å². The molecule has 0 bridgehead atoms. The van der Waals surface area contributed by atoms with Gasteiger partial charge in [0.15, 0.2) is 5.76 Å². The van der Waals surface area contributed by atoms with Crippen LogP contribution in [0.3, 0.4) is 0 Å². The van der Waals surface area contributed by atoms with Gasteiger partial charge in [0.2, 0.25) is 5.95 Å². The minimum atomic E-state index is -4.50. The van der Waals surface area contributed by atoms with E-state index in [1.54, 1.807) is 30.7 Å². The van der Waals surface area contributed by atoms with Gasteiger partial charge in [0.1, 0.15) is 17.9 Å². The molecule has 34 heavy (non-hydrogen) atoms. The number of furan rings is 1. The van der Waals surface area contributed by atoms with Crippen molar-refractivity contribution in [2.45, 2.75) is 30.5 Å². The van der Waals surface area contributed by atoms with Crippen LogP contribution in [0, 0.1) is 0 Å². The molecule has 0 spiro atoms. The van der Waals surface area contributed by atoms with Gasteiger partial charge in [-0.25, -0.2) is 14.8 Å². The number of rotatable bonds is 5. The van der Waals surface area contributed by atoms with E-state index < -0.39 is 29.9 Å². The normalized spacial score (nSPS) is 24.0. The number of nitrogens with zero attached hydrogens (tertiary/aromatic N) is 2. The first kappa shape index (κ1) is 22.2. The number of urea groups is 1. The maximum absolute atomic E-state index is 12.9. The van der Waals surface area contributed by atoms with E-state index in [-0.39, 0.29) is 24.4 Å². The van der Waals surface area contributed by atoms with Gasteiger partial charge in [0, 0.05) is 11.9 Å². The Bertz CT molecular complexity index is 1160. The van der Waals surface area contributed by atoms with E-state index in [0.29, 0.717) is 24.0 Å². The van der Waals surface area contributed by atoms with Crippen LogP contribution in [0.4, 0.5) is 29.6 Å². The Morgan fingerprint density at radius 1 is 1.03 bits per heavy atom. The molecule has 0 radical (unpaired) electrons. The van der Waals surface area contributed by atoms with E-state index in [2.05, 4.69) is 25.9 Å². The Kier molecular flexibility index (Phi) is 5.84. The third-order valence-corrected chi connectivity index (χ3v) is 5.56. The van der Waals surface area contributed by atoms with Crippen LogP contribution in [0.5, 0.6) is 0 Å². The highest BCUT2D eigenvalue weighted by Gasteiger charge is 2.48. The summed E-state index contributed by atoms with van der Waals surface area (Å²) in [7, 11) is 0. The molecule has 4 unspecified atom stereocenters. The summed E-state index contributed by atoms with van der Waals surface area (Å²) in [6, 6.07) is 8.33. The first-order valence-electron chi connectivity index (χ1n) is 10.5. The van der Waals surface area contributed by atoms with Gasteiger partial charge in [0.05, 0.1) is 37.1 Å². The molecule has 0 aliphatic carbocycles. The number of fused-ring (bicyclic) bond motifs is 1. The summed E-state index contributed by atoms with van der Waals surface area (Å²) in [5, 5.41) is 8.34. The maximum Gasteiger partial charge on any atom is 0.416 e. The fraction of sp³-hybridized carbons (Fsp3) is 0.318. The molecule has 1 aromatic carbocycles. The monoisotopic (exact) mass is 475 g/mol. The van der Waals surface area contributed by atoms with Gasteiger partial charge in [-0.1, -0.05) is 6.07 Å². The Hall–Kier alpha value is -3.64. The Morgan fingerprint density at radius 3 is 2.59 bits per heavy atom. The molecule has 4 atom stereocenters. The number of hydrogen-bond acceptors (Lipinski definition) is 7. The van der Waals surface area contributed by atoms with E-state index >= 15 is 0 Å². The Morgan fingerprint density at radius 2 is 1.82 bits per heavy atom. The van der Waals surface area contributed by atoms with E-state index in [9.17, 15) is 18.0 Å². The minimum Gasteiger partial charge on any atom is -0.463 e. The molecule has 2 aromatic heterocycles. The number of anilines is 2. The smallest absolute Gasteiger partial charge is 0.416 e. The number of carbonyl (C=O) groups is 1. The summed E-state index contributed by atoms with van der Waals surface area (Å²) in [6.45, 7) is 0.494. The standard InChI is InChI=1S/C22H20F3N5O4/c23-22(24,25)12-3-1-4-13(9-12)27-21(31)30-16-11-34-18-15(10-33-19(16)18)29-20-26-7-6-14(28-20)17-5-2-8-32-17/h1-9,15-16,18-19H,10-11H2,(H,26,28,29)(H2,27,30,31). The lowest BCUT2D eigenvalue weighted by atomic mass is 10.1. The molecule has 3 aromatic rings. The first-order chi connectivity index (χ1) is 16.4. The summed E-state index contributed by atoms with van der Waals surface area (Å²) in [4.78, 5) is 21.1. The lowest BCUT2D eigenvalue weighted by Gasteiger charge is -2.19. The molecule has 2 aliphatic rings. The van der Waals surface area contributed by atoms with Crippen LogP contribution < -0.4 is 16.0 Å². The highest BCUT2D eigenvalue weighted by Crippen LogP contribution is 2.31. The van der Waals surface area contributed by atoms with Crippen LogP contribution in [0.1, 0.15) is 5.56 Å². The summed E-state index contributed by atoms with van der Waals surface area (Å²) in [5.41, 5.74) is -0.194. The number of nitrogens with one attached hydrogen (secondary N) is 3. The molecule has 2 amide bonds. The zero-order valence-corrected chi connectivity index (χ0v) is 17.6. The molecule has 4 heterocycles. The van der Waals surface area contributed by atoms with Crippen LogP contribution in [-0.2, 0) is 15.7 Å². The van der Waals surface area contributed by atoms with Gasteiger partial charge in [-0.3, -0.25) is 0 Å². The van der Waals surface area contributed by atoms with Crippen LogP contribution in [0.2, 0.25) is 0 Å². The minimum absolute atomic E-state index is 0.0308. The molecule has 2 aliphatic heterocycles. The molecule has 9 nitrogen and oxygen atoms in total. The van der Waals surface area contributed by atoms with Crippen molar-refractivity contribution in [1.82, 2.24) is 15.3 Å². The van der Waals surface area contributed by atoms with Crippen molar-refractivity contribution in [1.29, 1.82) is 0 Å². The second-order valence-electron chi connectivity index (χ2n) is 7.87. The largest absolute Gasteiger partial charge is 0.463 e. The fourth-order valence-electron chi connectivity index (χ4n) is 4.01. The summed E-state index contributed by atoms with van der Waals surface area (Å²) >= 11 is 0. The number of alkyl halides is 3. The molecule has 0 saturated carbocycles. The number of carbonyl (C=O) groups excluding carboxylic acids is 1. The zero-order chi connectivity index (χ0) is 23.7. The van der Waals surface area contributed by atoms with Crippen LogP contribution in [0.15, 0.2) is 59.3 Å². The summed E-state index contributed by atoms with van der Waals surface area (Å²) in [6.07, 6.45) is -2.13. The van der Waals surface area contributed by atoms with Crippen molar-refractivity contribution in [3.63, 3.8) is 0 Å². The van der Waals surface area contributed by atoms with Crippen molar-refractivity contribution >= 4 is 17.7 Å². The number of aromatic nitrogens is 2. The van der Waals surface area contributed by atoms with Gasteiger partial charge < -0.3 is 29.8 Å². The predicted molar refractivity (Wildman–Crippen MR) is 114 cm³/mol. The topological polar surface area (TPSA) is 111 Å². The van der Waals surface area contributed by atoms with E-state index in [0.717, 1.165) is 12.1 Å². The summed E-state index contributed by atoms with van der Waals surface area (Å²) in [5.74, 6) is 0.990.